The van der Waals surface area contributed by atoms with Crippen LogP contribution in [-0.4, -0.2) is 8.42 Å². The SMILES string of the molecule is NS(=O)(=O)c1ccc2ccccc2c1.[Cl-]. The molecule has 2 N–H and O–H groups in total. The summed E-state index contributed by atoms with van der Waals surface area (Å²) in [5.74, 6) is 0. The van der Waals surface area contributed by atoms with Gasteiger partial charge in [-0.3, -0.25) is 0 Å². The summed E-state index contributed by atoms with van der Waals surface area (Å²) < 4.78 is 22.1. The maximum Gasteiger partial charge on any atom is 0.238 e. The Labute approximate surface area is 94.4 Å². The Morgan fingerprint density at radius 1 is 0.933 bits per heavy atom. The normalized spacial score (nSPS) is 11.0. The van der Waals surface area contributed by atoms with Crippen LogP contribution < -0.4 is 17.5 Å². The molecule has 0 spiro atoms. The van der Waals surface area contributed by atoms with Gasteiger partial charge >= 0.3 is 0 Å². The molecule has 0 saturated carbocycles. The van der Waals surface area contributed by atoms with Crippen LogP contribution in [-0.2, 0) is 10.0 Å². The van der Waals surface area contributed by atoms with E-state index in [1.165, 1.54) is 6.07 Å². The molecule has 5 heteroatoms. The van der Waals surface area contributed by atoms with Crippen LogP contribution >= 0.6 is 0 Å². The molecule has 0 aliphatic rings. The zero-order chi connectivity index (χ0) is 10.2. The maximum atomic E-state index is 11.1. The van der Waals surface area contributed by atoms with Gasteiger partial charge in [0.05, 0.1) is 4.90 Å². The molecule has 0 radical (unpaired) electrons. The van der Waals surface area contributed by atoms with Gasteiger partial charge < -0.3 is 12.4 Å². The first kappa shape index (κ1) is 12.0. The Hall–Kier alpha value is -1.10. The number of hydrogen-bond donors (Lipinski definition) is 1. The summed E-state index contributed by atoms with van der Waals surface area (Å²) in [5.41, 5.74) is 0. The smallest absolute Gasteiger partial charge is 0.238 e. The molecule has 0 bridgehead atoms. The lowest BCUT2D eigenvalue weighted by Gasteiger charge is -2.00. The highest BCUT2D eigenvalue weighted by Crippen LogP contribution is 2.17. The van der Waals surface area contributed by atoms with Crippen molar-refractivity contribution in [3.05, 3.63) is 42.5 Å². The molecule has 0 saturated heterocycles. The molecular formula is C10H9ClNO2S-. The molecule has 0 amide bonds. The molecule has 0 fully saturated rings. The number of benzene rings is 2. The molecule has 2 aromatic rings. The largest absolute Gasteiger partial charge is 1.00 e. The standard InChI is InChI=1S/C10H9NO2S.ClH/c11-14(12,13)10-6-5-8-3-1-2-4-9(8)7-10;/h1-7H,(H2,11,12,13);1H/p-1. The number of hydrogen-bond acceptors (Lipinski definition) is 2. The highest BCUT2D eigenvalue weighted by Gasteiger charge is 2.07. The fourth-order valence-electron chi connectivity index (χ4n) is 1.34. The summed E-state index contributed by atoms with van der Waals surface area (Å²) in [6.45, 7) is 0. The predicted molar refractivity (Wildman–Crippen MR) is 55.3 cm³/mol. The predicted octanol–water partition coefficient (Wildman–Crippen LogP) is -1.51. The van der Waals surface area contributed by atoms with Crippen LogP contribution in [0.4, 0.5) is 0 Å². The quantitative estimate of drug-likeness (QED) is 0.661. The highest BCUT2D eigenvalue weighted by molar-refractivity contribution is 7.89. The number of primary sulfonamides is 1. The number of fused-ring (bicyclic) bond motifs is 1. The Balaban J connectivity index is 0.00000112. The molecule has 0 aliphatic heterocycles. The summed E-state index contributed by atoms with van der Waals surface area (Å²) in [6.07, 6.45) is 0. The average molecular weight is 243 g/mol. The third-order valence-electron chi connectivity index (χ3n) is 2.05. The summed E-state index contributed by atoms with van der Waals surface area (Å²) in [5, 5.41) is 6.89. The van der Waals surface area contributed by atoms with Crippen molar-refractivity contribution in [2.24, 2.45) is 5.14 Å². The van der Waals surface area contributed by atoms with Crippen molar-refractivity contribution in [2.75, 3.05) is 0 Å². The molecule has 2 rings (SSSR count). The minimum Gasteiger partial charge on any atom is -1.00 e. The van der Waals surface area contributed by atoms with Crippen molar-refractivity contribution in [3.63, 3.8) is 0 Å². The third-order valence-corrected chi connectivity index (χ3v) is 2.96. The molecule has 0 unspecified atom stereocenters. The Kier molecular flexibility index (Phi) is 3.34. The molecule has 3 nitrogen and oxygen atoms in total. The summed E-state index contributed by atoms with van der Waals surface area (Å²) in [6, 6.07) is 12.4. The average Bonchev–Trinajstić information content (AvgIpc) is 2.16. The van der Waals surface area contributed by atoms with Crippen molar-refractivity contribution >= 4 is 20.8 Å². The number of nitrogens with two attached hydrogens (primary N) is 1. The molecule has 80 valence electrons. The van der Waals surface area contributed by atoms with Gasteiger partial charge in [-0.05, 0) is 22.9 Å². The van der Waals surface area contributed by atoms with E-state index < -0.39 is 10.0 Å². The zero-order valence-corrected chi connectivity index (χ0v) is 9.29. The number of halogens is 1. The molecule has 0 heterocycles. The summed E-state index contributed by atoms with van der Waals surface area (Å²) in [7, 11) is -3.59. The topological polar surface area (TPSA) is 60.2 Å². The van der Waals surface area contributed by atoms with Gasteiger partial charge in [0.25, 0.3) is 0 Å². The molecule has 2 aromatic carbocycles. The Morgan fingerprint density at radius 2 is 1.53 bits per heavy atom. The van der Waals surface area contributed by atoms with Crippen LogP contribution in [0.2, 0.25) is 0 Å². The first-order valence-electron chi connectivity index (χ1n) is 4.09. The molecule has 15 heavy (non-hydrogen) atoms. The minimum absolute atomic E-state index is 0. The van der Waals surface area contributed by atoms with E-state index in [1.54, 1.807) is 12.1 Å². The van der Waals surface area contributed by atoms with Crippen LogP contribution in [0.1, 0.15) is 0 Å². The van der Waals surface area contributed by atoms with Crippen LogP contribution in [0.25, 0.3) is 10.8 Å². The van der Waals surface area contributed by atoms with Crippen LogP contribution in [0.3, 0.4) is 0 Å². The van der Waals surface area contributed by atoms with E-state index in [-0.39, 0.29) is 17.3 Å². The van der Waals surface area contributed by atoms with Gasteiger partial charge in [0.1, 0.15) is 0 Å². The third kappa shape index (κ3) is 2.47. The van der Waals surface area contributed by atoms with Crippen molar-refractivity contribution in [3.8, 4) is 0 Å². The van der Waals surface area contributed by atoms with Crippen LogP contribution in [0, 0.1) is 0 Å². The van der Waals surface area contributed by atoms with Crippen molar-refractivity contribution < 1.29 is 20.8 Å². The van der Waals surface area contributed by atoms with Crippen molar-refractivity contribution in [1.82, 2.24) is 0 Å². The lowest BCUT2D eigenvalue weighted by Crippen LogP contribution is -3.00. The van der Waals surface area contributed by atoms with E-state index in [9.17, 15) is 8.42 Å². The number of sulfonamides is 1. The summed E-state index contributed by atoms with van der Waals surface area (Å²) >= 11 is 0. The van der Waals surface area contributed by atoms with Gasteiger partial charge in [0.15, 0.2) is 0 Å². The zero-order valence-electron chi connectivity index (χ0n) is 7.72. The highest BCUT2D eigenvalue weighted by atomic mass is 35.5. The van der Waals surface area contributed by atoms with E-state index >= 15 is 0 Å². The van der Waals surface area contributed by atoms with E-state index in [2.05, 4.69) is 0 Å². The Morgan fingerprint density at radius 3 is 2.13 bits per heavy atom. The second-order valence-corrected chi connectivity index (χ2v) is 4.62. The van der Waals surface area contributed by atoms with Gasteiger partial charge in [0, 0.05) is 0 Å². The Bertz CT molecular complexity index is 581. The number of rotatable bonds is 1. The lowest BCUT2D eigenvalue weighted by molar-refractivity contribution is -0.00000538. The minimum atomic E-state index is -3.59. The lowest BCUT2D eigenvalue weighted by atomic mass is 10.1. The van der Waals surface area contributed by atoms with Crippen molar-refractivity contribution in [2.45, 2.75) is 4.90 Å². The molecule has 0 atom stereocenters. The first-order valence-corrected chi connectivity index (χ1v) is 5.63. The van der Waals surface area contributed by atoms with E-state index in [1.807, 2.05) is 24.3 Å². The van der Waals surface area contributed by atoms with Crippen LogP contribution in [0.5, 0.6) is 0 Å². The van der Waals surface area contributed by atoms with E-state index in [0.29, 0.717) is 0 Å². The van der Waals surface area contributed by atoms with Gasteiger partial charge in [-0.2, -0.15) is 0 Å². The second kappa shape index (κ2) is 4.18. The molecule has 0 aliphatic carbocycles. The van der Waals surface area contributed by atoms with Gasteiger partial charge in [-0.15, -0.1) is 0 Å². The fraction of sp³-hybridized carbons (Fsp3) is 0. The van der Waals surface area contributed by atoms with Gasteiger partial charge in [-0.25, -0.2) is 13.6 Å². The molecule has 0 aromatic heterocycles. The van der Waals surface area contributed by atoms with Gasteiger partial charge in [0.2, 0.25) is 10.0 Å². The van der Waals surface area contributed by atoms with E-state index in [4.69, 9.17) is 5.14 Å². The monoisotopic (exact) mass is 242 g/mol. The van der Waals surface area contributed by atoms with Crippen molar-refractivity contribution in [1.29, 1.82) is 0 Å². The molecular weight excluding hydrogens is 234 g/mol. The van der Waals surface area contributed by atoms with Crippen LogP contribution in [0.15, 0.2) is 47.4 Å². The fourth-order valence-corrected chi connectivity index (χ4v) is 1.89. The summed E-state index contributed by atoms with van der Waals surface area (Å²) in [4.78, 5) is 0.149. The maximum absolute atomic E-state index is 11.1. The van der Waals surface area contributed by atoms with E-state index in [0.717, 1.165) is 10.8 Å². The first-order chi connectivity index (χ1) is 6.57. The second-order valence-electron chi connectivity index (χ2n) is 3.05. The van der Waals surface area contributed by atoms with Gasteiger partial charge in [-0.1, -0.05) is 30.3 Å².